The van der Waals surface area contributed by atoms with Gasteiger partial charge < -0.3 is 20.4 Å². The Labute approximate surface area is 199 Å². The van der Waals surface area contributed by atoms with Crippen LogP contribution < -0.4 is 16.3 Å². The molecule has 168 valence electrons. The number of Topliss-reactive ketones (excluding diaryl/α,β-unsaturated/α-hetero) is 1. The van der Waals surface area contributed by atoms with Crippen LogP contribution in [0.25, 0.3) is 21.6 Å². The summed E-state index contributed by atoms with van der Waals surface area (Å²) in [5.41, 5.74) is 10.2. The Morgan fingerprint density at radius 3 is 2.76 bits per heavy atom. The number of rotatable bonds is 5. The monoisotopic (exact) mass is 506 g/mol. The Morgan fingerprint density at radius 1 is 1.27 bits per heavy atom. The normalized spacial score (nSPS) is 14.8. The van der Waals surface area contributed by atoms with E-state index in [1.54, 1.807) is 11.1 Å². The van der Waals surface area contributed by atoms with Gasteiger partial charge in [0, 0.05) is 31.0 Å². The molecule has 7 nitrogen and oxygen atoms in total. The first kappa shape index (κ1) is 22.5. The summed E-state index contributed by atoms with van der Waals surface area (Å²) in [4.78, 5) is 35.4. The SMILES string of the molecule is C=C/C(OC)=c1/c(C(=O)C(=O)N2CCc3c(cccc3-c3ccccn3)C2)c[nH]/c1=C(/N)Br. The minimum Gasteiger partial charge on any atom is -0.496 e. The van der Waals surface area contributed by atoms with Crippen molar-refractivity contribution in [1.82, 2.24) is 14.9 Å². The van der Waals surface area contributed by atoms with E-state index >= 15 is 0 Å². The molecule has 0 aliphatic carbocycles. The lowest BCUT2D eigenvalue weighted by Gasteiger charge is -2.29. The number of pyridine rings is 1. The minimum absolute atomic E-state index is 0.183. The molecule has 1 aliphatic rings. The van der Waals surface area contributed by atoms with Gasteiger partial charge in [-0.25, -0.2) is 0 Å². The third kappa shape index (κ3) is 4.21. The quantitative estimate of drug-likeness (QED) is 0.313. The number of nitrogens with one attached hydrogen (secondary N) is 1. The Hall–Kier alpha value is -3.65. The topological polar surface area (TPSA) is 101 Å². The first-order valence-electron chi connectivity index (χ1n) is 10.4. The molecule has 2 aromatic heterocycles. The zero-order valence-electron chi connectivity index (χ0n) is 18.1. The summed E-state index contributed by atoms with van der Waals surface area (Å²) in [5.74, 6) is -0.876. The average Bonchev–Trinajstić information content (AvgIpc) is 3.29. The molecule has 1 amide bonds. The van der Waals surface area contributed by atoms with Crippen LogP contribution in [-0.2, 0) is 22.5 Å². The lowest BCUT2D eigenvalue weighted by molar-refractivity contribution is -0.127. The number of fused-ring (bicyclic) bond motifs is 1. The summed E-state index contributed by atoms with van der Waals surface area (Å²) in [6.45, 7) is 4.51. The van der Waals surface area contributed by atoms with E-state index in [0.29, 0.717) is 35.8 Å². The fraction of sp³-hybridized carbons (Fsp3) is 0.160. The number of aromatic amines is 1. The van der Waals surface area contributed by atoms with E-state index in [1.165, 1.54) is 19.4 Å². The molecular formula is C25H23BrN4O3. The fourth-order valence-electron chi connectivity index (χ4n) is 4.14. The summed E-state index contributed by atoms with van der Waals surface area (Å²) in [6, 6.07) is 11.8. The lowest BCUT2D eigenvalue weighted by Crippen LogP contribution is -2.42. The molecule has 0 bridgehead atoms. The number of hydrogen-bond donors (Lipinski definition) is 2. The Bertz CT molecular complexity index is 1360. The molecule has 1 aromatic carbocycles. The van der Waals surface area contributed by atoms with Gasteiger partial charge in [0.15, 0.2) is 0 Å². The second-order valence-corrected chi connectivity index (χ2v) is 8.39. The number of H-pyrrole nitrogens is 1. The van der Waals surface area contributed by atoms with Crippen molar-refractivity contribution in [3.05, 3.63) is 88.7 Å². The largest absolute Gasteiger partial charge is 0.496 e. The van der Waals surface area contributed by atoms with E-state index in [0.717, 1.165) is 22.4 Å². The molecule has 0 atom stereocenters. The first-order chi connectivity index (χ1) is 16.0. The number of amides is 1. The molecule has 3 N–H and O–H groups in total. The van der Waals surface area contributed by atoms with Crippen LogP contribution in [0.5, 0.6) is 0 Å². The summed E-state index contributed by atoms with van der Waals surface area (Å²) in [5, 5.41) is 0.849. The van der Waals surface area contributed by atoms with E-state index < -0.39 is 11.7 Å². The van der Waals surface area contributed by atoms with Crippen molar-refractivity contribution in [3.63, 3.8) is 0 Å². The van der Waals surface area contributed by atoms with Gasteiger partial charge in [0.05, 0.1) is 28.9 Å². The maximum Gasteiger partial charge on any atom is 0.295 e. The number of nitrogens with zero attached hydrogens (tertiary/aromatic N) is 2. The third-order valence-electron chi connectivity index (χ3n) is 5.70. The number of benzene rings is 1. The predicted molar refractivity (Wildman–Crippen MR) is 130 cm³/mol. The minimum atomic E-state index is -0.637. The number of ether oxygens (including phenoxy) is 1. The highest BCUT2D eigenvalue weighted by Gasteiger charge is 2.29. The van der Waals surface area contributed by atoms with Gasteiger partial charge in [-0.05, 0) is 51.7 Å². The molecule has 8 heteroatoms. The van der Waals surface area contributed by atoms with Crippen molar-refractivity contribution >= 4 is 38.0 Å². The number of carbonyl (C=O) groups is 2. The smallest absolute Gasteiger partial charge is 0.295 e. The lowest BCUT2D eigenvalue weighted by atomic mass is 9.92. The molecular weight excluding hydrogens is 484 g/mol. The molecule has 3 heterocycles. The first-order valence-corrected chi connectivity index (χ1v) is 11.1. The Kier molecular flexibility index (Phi) is 6.46. The van der Waals surface area contributed by atoms with E-state index in [9.17, 15) is 9.59 Å². The summed E-state index contributed by atoms with van der Waals surface area (Å²) < 4.78 is 5.64. The zero-order valence-corrected chi connectivity index (χ0v) is 19.7. The maximum atomic E-state index is 13.2. The molecule has 0 spiro atoms. The standard InChI is InChI=1S/C25H23BrN4O3/c1-3-20(33-2)21-18(13-29-22(21)24(26)27)23(31)25(32)30-12-10-16-15(14-30)7-6-8-17(16)19-9-4-5-11-28-19/h3-9,11,13,29H,1,10,12,14,27H2,2H3/b21-20+,24-22+. The number of halogens is 1. The van der Waals surface area contributed by atoms with Gasteiger partial charge in [0.25, 0.3) is 11.7 Å². The molecule has 3 aromatic rings. The van der Waals surface area contributed by atoms with Crippen LogP contribution in [0, 0.1) is 0 Å². The second-order valence-electron chi connectivity index (χ2n) is 7.54. The molecule has 1 aliphatic heterocycles. The molecule has 0 radical (unpaired) electrons. The molecule has 0 saturated heterocycles. The van der Waals surface area contributed by atoms with Gasteiger partial charge in [0.1, 0.15) is 10.4 Å². The van der Waals surface area contributed by atoms with Crippen LogP contribution in [0.15, 0.2) is 61.4 Å². The molecule has 4 rings (SSSR count). The van der Waals surface area contributed by atoms with E-state index in [-0.39, 0.29) is 10.2 Å². The Balaban J connectivity index is 1.68. The molecule has 0 unspecified atom stereocenters. The van der Waals surface area contributed by atoms with Crippen molar-refractivity contribution in [2.75, 3.05) is 13.7 Å². The van der Waals surface area contributed by atoms with Crippen LogP contribution in [0.1, 0.15) is 21.5 Å². The molecule has 33 heavy (non-hydrogen) atoms. The number of carbonyl (C=O) groups excluding carboxylic acids is 2. The van der Waals surface area contributed by atoms with Gasteiger partial charge in [0.2, 0.25) is 0 Å². The maximum absolute atomic E-state index is 13.2. The van der Waals surface area contributed by atoms with Gasteiger partial charge in [-0.2, -0.15) is 0 Å². The molecule has 0 saturated carbocycles. The van der Waals surface area contributed by atoms with Crippen LogP contribution in [0.2, 0.25) is 0 Å². The third-order valence-corrected chi connectivity index (χ3v) is 6.10. The van der Waals surface area contributed by atoms with Crippen LogP contribution in [0.3, 0.4) is 0 Å². The van der Waals surface area contributed by atoms with Crippen molar-refractivity contribution in [1.29, 1.82) is 0 Å². The van der Waals surface area contributed by atoms with Gasteiger partial charge >= 0.3 is 0 Å². The van der Waals surface area contributed by atoms with E-state index in [4.69, 9.17) is 10.5 Å². The second kappa shape index (κ2) is 9.46. The Morgan fingerprint density at radius 2 is 2.09 bits per heavy atom. The average molecular weight is 507 g/mol. The van der Waals surface area contributed by atoms with Crippen molar-refractivity contribution in [3.8, 4) is 11.3 Å². The number of methoxy groups -OCH3 is 1. The van der Waals surface area contributed by atoms with Crippen LogP contribution >= 0.6 is 15.9 Å². The van der Waals surface area contributed by atoms with Gasteiger partial charge in [-0.15, -0.1) is 0 Å². The van der Waals surface area contributed by atoms with Crippen LogP contribution in [0.4, 0.5) is 0 Å². The fourth-order valence-corrected chi connectivity index (χ4v) is 4.45. The number of hydrogen-bond acceptors (Lipinski definition) is 5. The van der Waals surface area contributed by atoms with Crippen molar-refractivity contribution in [2.24, 2.45) is 5.73 Å². The number of nitrogens with two attached hydrogens (primary N) is 1. The summed E-state index contributed by atoms with van der Waals surface area (Å²) >= 11 is 3.23. The van der Waals surface area contributed by atoms with E-state index in [1.807, 2.05) is 36.4 Å². The predicted octanol–water partition coefficient (Wildman–Crippen LogP) is 2.20. The number of ketones is 1. The van der Waals surface area contributed by atoms with Crippen molar-refractivity contribution in [2.45, 2.75) is 13.0 Å². The number of aromatic nitrogens is 2. The van der Waals surface area contributed by atoms with Crippen molar-refractivity contribution < 1.29 is 14.3 Å². The zero-order chi connectivity index (χ0) is 23.5. The molecule has 0 fully saturated rings. The van der Waals surface area contributed by atoms with E-state index in [2.05, 4.69) is 32.5 Å². The summed E-state index contributed by atoms with van der Waals surface area (Å²) in [6.07, 6.45) is 5.34. The summed E-state index contributed by atoms with van der Waals surface area (Å²) in [7, 11) is 1.47. The highest BCUT2D eigenvalue weighted by Crippen LogP contribution is 2.29. The highest BCUT2D eigenvalue weighted by molar-refractivity contribution is 9.14. The van der Waals surface area contributed by atoms with Crippen LogP contribution in [-0.4, -0.2) is 40.2 Å². The highest BCUT2D eigenvalue weighted by atomic mass is 79.9. The van der Waals surface area contributed by atoms with Gasteiger partial charge in [-0.3, -0.25) is 14.6 Å². The van der Waals surface area contributed by atoms with Gasteiger partial charge in [-0.1, -0.05) is 30.8 Å².